The minimum absolute atomic E-state index is 0.0180. The van der Waals surface area contributed by atoms with Crippen LogP contribution in [0.3, 0.4) is 0 Å². The third-order valence-corrected chi connectivity index (χ3v) is 6.26. The summed E-state index contributed by atoms with van der Waals surface area (Å²) in [5.74, 6) is 1.33. The van der Waals surface area contributed by atoms with E-state index in [1.165, 1.54) is 17.7 Å². The first kappa shape index (κ1) is 17.9. The largest absolute Gasteiger partial charge is 0.454 e. The van der Waals surface area contributed by atoms with E-state index in [1.807, 2.05) is 18.2 Å². The quantitative estimate of drug-likeness (QED) is 0.669. The maximum absolute atomic E-state index is 12.7. The molecule has 4 heterocycles. The summed E-state index contributed by atoms with van der Waals surface area (Å²) in [7, 11) is 0. The molecular formula is C19H19N5O4S. The summed E-state index contributed by atoms with van der Waals surface area (Å²) in [6.45, 7) is 2.05. The number of hydrogen-bond donors (Lipinski definition) is 2. The number of aromatic amines is 1. The Morgan fingerprint density at radius 1 is 1.34 bits per heavy atom. The van der Waals surface area contributed by atoms with Gasteiger partial charge in [-0.1, -0.05) is 17.4 Å². The number of piperidine rings is 1. The molecule has 5 rings (SSSR count). The number of amides is 1. The van der Waals surface area contributed by atoms with Crippen LogP contribution in [-0.4, -0.2) is 40.7 Å². The van der Waals surface area contributed by atoms with Crippen LogP contribution in [-0.2, 0) is 11.3 Å². The molecular weight excluding hydrogens is 394 g/mol. The number of thiazole rings is 1. The van der Waals surface area contributed by atoms with Gasteiger partial charge in [-0.2, -0.15) is 4.98 Å². The van der Waals surface area contributed by atoms with Crippen LogP contribution >= 0.6 is 11.3 Å². The molecule has 150 valence electrons. The van der Waals surface area contributed by atoms with Crippen molar-refractivity contribution in [3.05, 3.63) is 40.4 Å². The number of ether oxygens (including phenoxy) is 2. The van der Waals surface area contributed by atoms with Gasteiger partial charge < -0.3 is 24.7 Å². The fraction of sp³-hybridized carbons (Fsp3) is 0.368. The maximum Gasteiger partial charge on any atom is 0.270 e. The van der Waals surface area contributed by atoms with Gasteiger partial charge in [-0.3, -0.25) is 9.59 Å². The Labute approximate surface area is 169 Å². The second-order valence-electron chi connectivity index (χ2n) is 7.07. The molecule has 1 saturated heterocycles. The summed E-state index contributed by atoms with van der Waals surface area (Å²) < 4.78 is 11.2. The van der Waals surface area contributed by atoms with Gasteiger partial charge in [-0.15, -0.1) is 0 Å². The Balaban J connectivity index is 1.24. The zero-order valence-electron chi connectivity index (χ0n) is 15.5. The van der Waals surface area contributed by atoms with E-state index < -0.39 is 0 Å². The highest BCUT2D eigenvalue weighted by atomic mass is 32.1. The fourth-order valence-electron chi connectivity index (χ4n) is 3.64. The van der Waals surface area contributed by atoms with Crippen molar-refractivity contribution in [2.45, 2.75) is 19.4 Å². The molecule has 0 bridgehead atoms. The number of nitrogens with one attached hydrogen (secondary N) is 2. The number of carbonyl (C=O) groups excluding carboxylic acids is 1. The second-order valence-corrected chi connectivity index (χ2v) is 8.05. The number of carbonyl (C=O) groups is 1. The Morgan fingerprint density at radius 3 is 3.14 bits per heavy atom. The number of anilines is 1. The Hall–Kier alpha value is -3.14. The average molecular weight is 413 g/mol. The third kappa shape index (κ3) is 3.51. The minimum Gasteiger partial charge on any atom is -0.454 e. The lowest BCUT2D eigenvalue weighted by atomic mass is 9.97. The number of fused-ring (bicyclic) bond motifs is 2. The van der Waals surface area contributed by atoms with Gasteiger partial charge >= 0.3 is 0 Å². The Bertz CT molecular complexity index is 1130. The number of hydrogen-bond acceptors (Lipinski definition) is 8. The first-order valence-electron chi connectivity index (χ1n) is 9.43. The van der Waals surface area contributed by atoms with Crippen LogP contribution in [0.25, 0.3) is 10.3 Å². The molecule has 2 aliphatic rings. The fourth-order valence-corrected chi connectivity index (χ4v) is 4.59. The predicted molar refractivity (Wildman–Crippen MR) is 107 cm³/mol. The summed E-state index contributed by atoms with van der Waals surface area (Å²) in [4.78, 5) is 37.9. The molecule has 10 heteroatoms. The summed E-state index contributed by atoms with van der Waals surface area (Å²) in [6.07, 6.45) is 3.08. The van der Waals surface area contributed by atoms with Crippen molar-refractivity contribution in [3.63, 3.8) is 0 Å². The minimum atomic E-state index is -0.186. The molecule has 1 aromatic carbocycles. The molecule has 2 aliphatic heterocycles. The maximum atomic E-state index is 12.7. The predicted octanol–water partition coefficient (Wildman–Crippen LogP) is 1.64. The summed E-state index contributed by atoms with van der Waals surface area (Å²) in [5, 5.41) is 3.76. The van der Waals surface area contributed by atoms with Gasteiger partial charge in [0.1, 0.15) is 4.70 Å². The van der Waals surface area contributed by atoms with Crippen molar-refractivity contribution in [2.24, 2.45) is 5.92 Å². The molecule has 29 heavy (non-hydrogen) atoms. The van der Waals surface area contributed by atoms with E-state index in [1.54, 1.807) is 0 Å². The molecule has 0 aliphatic carbocycles. The average Bonchev–Trinajstić information content (AvgIpc) is 3.39. The van der Waals surface area contributed by atoms with Crippen LogP contribution in [0, 0.1) is 5.92 Å². The normalized spacial score (nSPS) is 18.2. The molecule has 0 radical (unpaired) electrons. The van der Waals surface area contributed by atoms with Crippen LogP contribution in [0.1, 0.15) is 18.4 Å². The monoisotopic (exact) mass is 413 g/mol. The van der Waals surface area contributed by atoms with Gasteiger partial charge in [0.15, 0.2) is 22.3 Å². The van der Waals surface area contributed by atoms with E-state index >= 15 is 0 Å². The lowest BCUT2D eigenvalue weighted by molar-refractivity contribution is -0.125. The van der Waals surface area contributed by atoms with E-state index in [2.05, 4.69) is 25.2 Å². The highest BCUT2D eigenvalue weighted by molar-refractivity contribution is 7.22. The molecule has 1 fully saturated rings. The van der Waals surface area contributed by atoms with Crippen molar-refractivity contribution >= 4 is 32.7 Å². The van der Waals surface area contributed by atoms with Crippen molar-refractivity contribution in [3.8, 4) is 11.5 Å². The van der Waals surface area contributed by atoms with Gasteiger partial charge in [0.05, 0.1) is 12.2 Å². The van der Waals surface area contributed by atoms with Crippen LogP contribution in [0.2, 0.25) is 0 Å². The number of benzene rings is 1. The van der Waals surface area contributed by atoms with E-state index in [9.17, 15) is 9.59 Å². The van der Waals surface area contributed by atoms with Crippen LogP contribution < -0.4 is 25.2 Å². The van der Waals surface area contributed by atoms with Gasteiger partial charge in [-0.05, 0) is 30.5 Å². The van der Waals surface area contributed by atoms with Crippen molar-refractivity contribution in [1.82, 2.24) is 20.3 Å². The van der Waals surface area contributed by atoms with Crippen LogP contribution in [0.4, 0.5) is 5.13 Å². The van der Waals surface area contributed by atoms with Crippen molar-refractivity contribution in [2.75, 3.05) is 24.8 Å². The third-order valence-electron chi connectivity index (χ3n) is 5.15. The SMILES string of the molecule is O=C(NCc1ccc2c(c1)OCO2)[C@@H]1CCCN(c2nc3nc[nH]c(=O)c3s2)C1. The molecule has 2 aromatic heterocycles. The summed E-state index contributed by atoms with van der Waals surface area (Å²) >= 11 is 1.32. The molecule has 0 unspecified atom stereocenters. The number of nitrogens with zero attached hydrogens (tertiary/aromatic N) is 3. The topological polar surface area (TPSA) is 109 Å². The highest BCUT2D eigenvalue weighted by Gasteiger charge is 2.28. The zero-order valence-corrected chi connectivity index (χ0v) is 16.3. The summed E-state index contributed by atoms with van der Waals surface area (Å²) in [6, 6.07) is 5.67. The van der Waals surface area contributed by atoms with E-state index in [0.717, 1.165) is 35.8 Å². The zero-order chi connectivity index (χ0) is 19.8. The lowest BCUT2D eigenvalue weighted by Crippen LogP contribution is -2.42. The summed E-state index contributed by atoms with van der Waals surface area (Å²) in [5.41, 5.74) is 1.23. The molecule has 1 amide bonds. The van der Waals surface area contributed by atoms with E-state index in [4.69, 9.17) is 9.47 Å². The van der Waals surface area contributed by atoms with Gasteiger partial charge in [-0.25, -0.2) is 4.98 Å². The first-order valence-corrected chi connectivity index (χ1v) is 10.2. The number of H-pyrrole nitrogens is 1. The lowest BCUT2D eigenvalue weighted by Gasteiger charge is -2.31. The Kier molecular flexibility index (Phi) is 4.55. The number of aromatic nitrogens is 3. The standard InChI is InChI=1S/C19H19N5O4S/c25-17(20-7-11-3-4-13-14(6-11)28-10-27-13)12-2-1-5-24(8-12)19-23-16-15(29-19)18(26)22-9-21-16/h3-4,6,9,12H,1-2,5,7-8,10H2,(H,20,25)(H,21,22,26)/t12-/m1/s1. The number of rotatable bonds is 4. The molecule has 3 aromatic rings. The van der Waals surface area contributed by atoms with E-state index in [-0.39, 0.29) is 24.2 Å². The van der Waals surface area contributed by atoms with Gasteiger partial charge in [0, 0.05) is 19.6 Å². The Morgan fingerprint density at radius 2 is 2.24 bits per heavy atom. The van der Waals surface area contributed by atoms with Crippen molar-refractivity contribution < 1.29 is 14.3 Å². The molecule has 0 saturated carbocycles. The van der Waals surface area contributed by atoms with Crippen molar-refractivity contribution in [1.29, 1.82) is 0 Å². The molecule has 0 spiro atoms. The van der Waals surface area contributed by atoms with Crippen LogP contribution in [0.15, 0.2) is 29.3 Å². The molecule has 2 N–H and O–H groups in total. The second kappa shape index (κ2) is 7.36. The smallest absolute Gasteiger partial charge is 0.270 e. The molecule has 1 atom stereocenters. The first-order chi connectivity index (χ1) is 14.2. The highest BCUT2D eigenvalue weighted by Crippen LogP contribution is 2.32. The molecule has 9 nitrogen and oxygen atoms in total. The van der Waals surface area contributed by atoms with E-state index in [0.29, 0.717) is 29.2 Å². The van der Waals surface area contributed by atoms with Crippen LogP contribution in [0.5, 0.6) is 11.5 Å². The van der Waals surface area contributed by atoms with Gasteiger partial charge in [0.2, 0.25) is 12.7 Å². The van der Waals surface area contributed by atoms with Gasteiger partial charge in [0.25, 0.3) is 5.56 Å².